The topological polar surface area (TPSA) is 523 Å². The number of primary amides is 1. The van der Waals surface area contributed by atoms with E-state index in [-0.39, 0.29) is 147 Å². The van der Waals surface area contributed by atoms with Gasteiger partial charge in [0.05, 0.1) is 80.1 Å². The van der Waals surface area contributed by atoms with Crippen LogP contribution in [0.3, 0.4) is 0 Å². The van der Waals surface area contributed by atoms with Gasteiger partial charge in [-0.05, 0) is 339 Å². The summed E-state index contributed by atoms with van der Waals surface area (Å²) in [6.07, 6.45) is 15.6. The number of hydrogen-bond donors (Lipinski definition) is 15. The summed E-state index contributed by atoms with van der Waals surface area (Å²) < 4.78 is 27.4. The smallest absolute Gasteiger partial charge is 0.300 e. The second-order valence-corrected chi connectivity index (χ2v) is 38.6. The second kappa shape index (κ2) is 66.9. The number of hydrogen-bond acceptors (Lipinski definition) is 23. The van der Waals surface area contributed by atoms with Crippen molar-refractivity contribution in [3.8, 4) is 23.0 Å². The quantitative estimate of drug-likeness (QED) is 0.0109. The molecule has 41 heteroatoms. The number of ether oxygens (including phenoxy) is 5. The van der Waals surface area contributed by atoms with Crippen LogP contribution in [0, 0.1) is 40.9 Å². The largest absolute Gasteiger partial charge is 0.489 e. The summed E-state index contributed by atoms with van der Waals surface area (Å²) in [5.74, 6) is 1.72. The number of aliphatic carboxylic acids is 1. The normalized spacial score (nSPS) is 17.7. The highest BCUT2D eigenvalue weighted by Gasteiger charge is 2.35. The average molecular weight is 2170 g/mol. The number of fused-ring (bicyclic) bond motifs is 1. The first-order valence-corrected chi connectivity index (χ1v) is 50.0. The monoisotopic (exact) mass is 2170 g/mol. The molecule has 0 spiro atoms. The van der Waals surface area contributed by atoms with E-state index in [4.69, 9.17) is 142 Å². The third-order valence-electron chi connectivity index (χ3n) is 23.7. The number of imidazole rings is 1. The first kappa shape index (κ1) is 131. The molecule has 6 aromatic carbocycles. The molecule has 4 unspecified atom stereocenters. The number of para-hydroxylation sites is 4. The molecule has 0 radical (unpaired) electrons. The zero-order chi connectivity index (χ0) is 105. The predicted molar refractivity (Wildman–Crippen MR) is 583 cm³/mol. The molecule has 0 saturated heterocycles. The van der Waals surface area contributed by atoms with Gasteiger partial charge in [0, 0.05) is 75.1 Å². The van der Waals surface area contributed by atoms with Gasteiger partial charge in [0.1, 0.15) is 53.0 Å². The third-order valence-corrected chi connectivity index (χ3v) is 25.4. The minimum Gasteiger partial charge on any atom is -0.489 e. The number of nitrogens with two attached hydrogens (primary N) is 3. The van der Waals surface area contributed by atoms with Gasteiger partial charge in [-0.25, -0.2) is 4.98 Å². The van der Waals surface area contributed by atoms with Gasteiger partial charge in [-0.3, -0.25) is 53.4 Å². The number of carbonyl (C=O) groups excluding carboxylic acids is 9. The molecular formula is C105H152Cl7N17O17. The molecule has 2 aromatic heterocycles. The minimum atomic E-state index is -0.833. The number of nitrogen functional groups attached to an aromatic ring is 2. The van der Waals surface area contributed by atoms with Gasteiger partial charge in [0.2, 0.25) is 45.4 Å². The molecule has 0 aliphatic heterocycles. The number of aliphatic hydroxyl groups excluding tert-OH is 1. The Hall–Kier alpha value is -11.2. The molecule has 4 atom stereocenters. The molecule has 8 aromatic rings. The van der Waals surface area contributed by atoms with Crippen LogP contribution in [0.5, 0.6) is 23.0 Å². The summed E-state index contributed by atoms with van der Waals surface area (Å²) >= 11 is 40.9. The van der Waals surface area contributed by atoms with Crippen LogP contribution in [-0.2, 0) is 33.5 Å². The van der Waals surface area contributed by atoms with Crippen LogP contribution >= 0.6 is 81.2 Å². The Morgan fingerprint density at radius 3 is 0.911 bits per heavy atom. The highest BCUT2D eigenvalue weighted by molar-refractivity contribution is 6.34. The fourth-order valence-corrected chi connectivity index (χ4v) is 17.9. The van der Waals surface area contributed by atoms with Crippen molar-refractivity contribution in [1.82, 2.24) is 67.5 Å². The van der Waals surface area contributed by atoms with Crippen LogP contribution in [0.1, 0.15) is 274 Å². The molecule has 2 heterocycles. The maximum atomic E-state index is 12.9. The molecule has 4 saturated carbocycles. The van der Waals surface area contributed by atoms with Crippen molar-refractivity contribution >= 4 is 169 Å². The van der Waals surface area contributed by atoms with E-state index in [1.54, 1.807) is 107 Å². The van der Waals surface area contributed by atoms with E-state index in [1.165, 1.54) is 13.2 Å². The number of anilines is 2. The van der Waals surface area contributed by atoms with E-state index in [0.717, 1.165) is 127 Å². The molecular weight excluding hydrogens is 2020 g/mol. The number of benzene rings is 6. The van der Waals surface area contributed by atoms with Crippen LogP contribution in [-0.4, -0.2) is 190 Å². The Labute approximate surface area is 894 Å². The second-order valence-electron chi connectivity index (χ2n) is 36.0. The lowest BCUT2D eigenvalue weighted by Gasteiger charge is -2.30. The zero-order valence-corrected chi connectivity index (χ0v) is 87.9. The lowest BCUT2D eigenvalue weighted by atomic mass is 9.79. The lowest BCUT2D eigenvalue weighted by molar-refractivity contribution is -0.134. The number of nitrogens with zero attached hydrogens (tertiary/aromatic N) is 4. The van der Waals surface area contributed by atoms with E-state index in [2.05, 4.69) is 62.5 Å². The maximum absolute atomic E-state index is 12.9. The number of amides is 9. The lowest BCUT2D eigenvalue weighted by Crippen LogP contribution is -2.47. The molecule has 146 heavy (non-hydrogen) atoms. The Kier molecular flexibility index (Phi) is 59.9. The summed E-state index contributed by atoms with van der Waals surface area (Å²) in [5, 5.41) is 48.2. The zero-order valence-electron chi connectivity index (χ0n) is 82.6. The molecule has 4 aliphatic rings. The standard InChI is InChI=1S/C27H33ClN4O3.C22H32ClN3O4.C21H30ClN3O4.C20H29ClN2O4.C6H8N2.C3Cl3N3.C2H4O2.4CH4/c1-16(2)35-24-13-12-19(15-20(24)28)26(33)32-23(27(34)29-3)14-17-8-10-18(11-9-17)25-30-21-6-4-5-7-22(21)31-25;1-13(2)30-19-10-9-16(12-17(19)23)21(27)26-18(22(28)25-3)11-14-5-7-15(8-6-14)20(24)29-4;1-12(2)29-18-9-8-15(11-16(18)22)20(27)25-17(21(28)24-3)10-13-4-6-14(7-5-13)19(23)26;1-12(2)27-18-9-6-14(11-16(18)21)19(25)23-17(20(26)22-3)10-13-4-7-15(24)8-5-13;7-5-3-1-2-4-6(5)8;4-1-7-2(5)9-3(6)8-1;1-2(3)4;;;;/h4-7,12-13,15-18,23H,8-11,14H2,1-3H3,(H,29,34)(H,30,31)(H,32,33);9-10,12-15,18,24H,5-8,11H2,1-4H3,(H,25,28)(H,26,27);8-9,11-14,17H,4-7,10H2,1-3H3,(H2,23,26)(H,24,28)(H,25,27);6,9,11-13,15,17,24H,4-5,7-8,10H2,1-3H3,(H,22,26)(H,23,25);1-4H,7-8H2;;1H3,(H,3,4);4*1H4. The number of carboxylic acid groups (broad SMARTS) is 1. The summed E-state index contributed by atoms with van der Waals surface area (Å²) in [7, 11) is 7.78. The van der Waals surface area contributed by atoms with Gasteiger partial charge in [-0.1, -0.05) is 100 Å². The summed E-state index contributed by atoms with van der Waals surface area (Å²) in [5.41, 5.74) is 21.0. The van der Waals surface area contributed by atoms with Gasteiger partial charge in [0.15, 0.2) is 5.90 Å². The highest BCUT2D eigenvalue weighted by Crippen LogP contribution is 2.40. The van der Waals surface area contributed by atoms with Gasteiger partial charge in [-0.2, -0.15) is 15.0 Å². The van der Waals surface area contributed by atoms with Crippen molar-refractivity contribution in [2.75, 3.05) is 46.8 Å². The third kappa shape index (κ3) is 45.6. The average Bonchev–Trinajstić information content (AvgIpc) is 1.45. The maximum Gasteiger partial charge on any atom is 0.300 e. The summed E-state index contributed by atoms with van der Waals surface area (Å²) in [6.45, 7) is 16.3. The Morgan fingerprint density at radius 1 is 0.404 bits per heavy atom. The van der Waals surface area contributed by atoms with Crippen molar-refractivity contribution in [2.45, 2.75) is 281 Å². The van der Waals surface area contributed by atoms with E-state index < -0.39 is 30.1 Å². The summed E-state index contributed by atoms with van der Waals surface area (Å²) in [4.78, 5) is 139. The van der Waals surface area contributed by atoms with Gasteiger partial charge < -0.3 is 98.6 Å². The van der Waals surface area contributed by atoms with Gasteiger partial charge in [-0.15, -0.1) is 0 Å². The molecule has 18 N–H and O–H groups in total. The number of nitrogens with one attached hydrogen (secondary N) is 10. The molecule has 12 rings (SSSR count). The number of likely N-dealkylation sites (N-methyl/N-ethyl adjacent to an activating group) is 4. The number of carboxylic acids is 1. The number of carbonyl (C=O) groups is 10. The molecule has 4 fully saturated rings. The van der Waals surface area contributed by atoms with Crippen molar-refractivity contribution in [3.63, 3.8) is 0 Å². The molecule has 9 amide bonds. The number of rotatable bonds is 31. The number of aliphatic hydroxyl groups is 1. The van der Waals surface area contributed by atoms with Crippen molar-refractivity contribution < 1.29 is 81.8 Å². The number of H-pyrrole nitrogens is 1. The van der Waals surface area contributed by atoms with Crippen molar-refractivity contribution in [1.29, 1.82) is 5.41 Å². The Morgan fingerprint density at radius 2 is 0.664 bits per heavy atom. The van der Waals surface area contributed by atoms with Gasteiger partial charge in [0.25, 0.3) is 29.6 Å². The minimum absolute atomic E-state index is 0. The van der Waals surface area contributed by atoms with E-state index in [1.807, 2.05) is 91.8 Å². The van der Waals surface area contributed by atoms with Crippen LogP contribution in [0.4, 0.5) is 11.4 Å². The molecule has 4 aliphatic carbocycles. The predicted octanol–water partition coefficient (Wildman–Crippen LogP) is 19.9. The summed E-state index contributed by atoms with van der Waals surface area (Å²) in [6, 6.07) is 32.3. The fourth-order valence-electron chi connectivity index (χ4n) is 16.4. The molecule has 34 nitrogen and oxygen atoms in total. The molecule has 808 valence electrons. The van der Waals surface area contributed by atoms with Crippen LogP contribution in [0.15, 0.2) is 121 Å². The highest BCUT2D eigenvalue weighted by atomic mass is 35.5. The van der Waals surface area contributed by atoms with Crippen LogP contribution in [0.25, 0.3) is 11.0 Å². The number of aromatic amines is 1. The van der Waals surface area contributed by atoms with Crippen LogP contribution < -0.4 is 78.7 Å². The number of halogens is 7. The Balaban J connectivity index is 0.000000611. The van der Waals surface area contributed by atoms with Crippen molar-refractivity contribution in [3.05, 3.63) is 185 Å². The Bertz CT molecular complexity index is 5350. The van der Waals surface area contributed by atoms with E-state index >= 15 is 0 Å². The first-order chi connectivity index (χ1) is 67.3. The SMILES string of the molecule is C.C.C.C.CC(=O)O.CNC(=O)C(CC1CCC(C(=N)OC)CC1)NC(=O)c1ccc(OC(C)C)c(Cl)c1.CNC(=O)C(CC1CCC(C(N)=O)CC1)NC(=O)c1ccc(OC(C)C)c(Cl)c1.CNC(=O)C(CC1CCC(O)CC1)NC(=O)c1ccc(OC(C)C)c(Cl)c1.CNC(=O)C(CC1CCC(c2nc3ccccc3[nH]2)CC1)NC(=O)c1ccc(OC(C)C)c(Cl)c1.Clc1nc(Cl)nc(Cl)n1.Nc1ccccc1N. The molecule has 0 bridgehead atoms. The van der Waals surface area contributed by atoms with E-state index in [0.29, 0.717) is 132 Å². The van der Waals surface area contributed by atoms with E-state index in [9.17, 15) is 48.3 Å². The number of methoxy groups -OCH3 is 1. The van der Waals surface area contributed by atoms with Crippen molar-refractivity contribution in [2.24, 2.45) is 41.2 Å². The number of aromatic nitrogens is 5. The van der Waals surface area contributed by atoms with Crippen LogP contribution in [0.2, 0.25) is 35.9 Å². The fraction of sp³-hybridized carbons (Fsp3) is 0.514. The first-order valence-electron chi connectivity index (χ1n) is 47.3. The van der Waals surface area contributed by atoms with Gasteiger partial charge >= 0.3 is 0 Å².